The Balaban J connectivity index is 1.79. The van der Waals surface area contributed by atoms with Crippen molar-refractivity contribution in [1.29, 1.82) is 0 Å². The zero-order valence-electron chi connectivity index (χ0n) is 19.8. The fraction of sp³-hybridized carbons (Fsp3) is 0.500. The summed E-state index contributed by atoms with van der Waals surface area (Å²) in [6.07, 6.45) is 8.82. The average molecular weight is 473 g/mol. The van der Waals surface area contributed by atoms with Crippen molar-refractivity contribution in [2.75, 3.05) is 22.5 Å². The minimum absolute atomic E-state index is 0.00199. The summed E-state index contributed by atoms with van der Waals surface area (Å²) in [5.41, 5.74) is 2.01. The number of unbranched alkanes of at least 4 members (excludes halogenated alkanes) is 3. The van der Waals surface area contributed by atoms with Gasteiger partial charge < -0.3 is 4.74 Å². The highest BCUT2D eigenvalue weighted by molar-refractivity contribution is 7.92. The van der Waals surface area contributed by atoms with Gasteiger partial charge in [-0.05, 0) is 67.8 Å². The predicted octanol–water partition coefficient (Wildman–Crippen LogP) is 6.26. The maximum atomic E-state index is 13.5. The van der Waals surface area contributed by atoms with Crippen LogP contribution in [-0.4, -0.2) is 27.2 Å². The molecule has 33 heavy (non-hydrogen) atoms. The Bertz CT molecular complexity index is 982. The van der Waals surface area contributed by atoms with E-state index in [-0.39, 0.29) is 17.6 Å². The highest BCUT2D eigenvalue weighted by atomic mass is 32.2. The first kappa shape index (κ1) is 25.1. The van der Waals surface area contributed by atoms with Gasteiger partial charge in [0.15, 0.2) is 0 Å². The number of carbonyl (C=O) groups is 1. The Morgan fingerprint density at radius 2 is 1.55 bits per heavy atom. The van der Waals surface area contributed by atoms with Crippen molar-refractivity contribution in [1.82, 2.24) is 0 Å². The number of nitrogens with zero attached hydrogens (tertiary/aromatic N) is 1. The van der Waals surface area contributed by atoms with Gasteiger partial charge in [-0.2, -0.15) is 0 Å². The van der Waals surface area contributed by atoms with Crippen LogP contribution in [0.1, 0.15) is 64.7 Å². The molecule has 0 atom stereocenters. The third kappa shape index (κ3) is 7.22. The fourth-order valence-corrected chi connectivity index (χ4v) is 5.48. The second-order valence-corrected chi connectivity index (χ2v) is 10.6. The molecule has 0 unspecified atom stereocenters. The Morgan fingerprint density at radius 3 is 2.12 bits per heavy atom. The van der Waals surface area contributed by atoms with Crippen LogP contribution >= 0.6 is 0 Å². The molecule has 2 aromatic carbocycles. The summed E-state index contributed by atoms with van der Waals surface area (Å²) < 4.78 is 32.7. The zero-order valence-corrected chi connectivity index (χ0v) is 20.6. The van der Waals surface area contributed by atoms with E-state index in [9.17, 15) is 13.2 Å². The van der Waals surface area contributed by atoms with Gasteiger partial charge in [0.25, 0.3) is 0 Å². The molecule has 7 heteroatoms. The normalized spacial score (nSPS) is 14.6. The summed E-state index contributed by atoms with van der Waals surface area (Å²) in [7, 11) is -1.77. The van der Waals surface area contributed by atoms with Crippen molar-refractivity contribution >= 4 is 33.0 Å². The zero-order chi connectivity index (χ0) is 23.7. The second kappa shape index (κ2) is 12.1. The average Bonchev–Trinajstić information content (AvgIpc) is 2.84. The van der Waals surface area contributed by atoms with Gasteiger partial charge in [0, 0.05) is 23.0 Å². The van der Waals surface area contributed by atoms with E-state index in [4.69, 9.17) is 4.74 Å². The molecule has 1 amide bonds. The van der Waals surface area contributed by atoms with Crippen molar-refractivity contribution in [2.24, 2.45) is 5.92 Å². The van der Waals surface area contributed by atoms with Gasteiger partial charge in [-0.15, -0.1) is 0 Å². The second-order valence-electron chi connectivity index (χ2n) is 8.74. The maximum Gasteiger partial charge on any atom is 0.234 e. The van der Waals surface area contributed by atoms with Crippen molar-refractivity contribution in [3.05, 3.63) is 48.5 Å². The monoisotopic (exact) mass is 472 g/mol. The molecule has 1 saturated carbocycles. The number of nitrogens with one attached hydrogen (secondary N) is 1. The molecule has 1 fully saturated rings. The molecule has 0 spiro atoms. The number of ether oxygens (including phenoxy) is 1. The van der Waals surface area contributed by atoms with Crippen molar-refractivity contribution in [3.63, 3.8) is 0 Å². The highest BCUT2D eigenvalue weighted by Crippen LogP contribution is 2.34. The van der Waals surface area contributed by atoms with Gasteiger partial charge in [0.2, 0.25) is 15.9 Å². The third-order valence-corrected chi connectivity index (χ3v) is 7.54. The lowest BCUT2D eigenvalue weighted by Crippen LogP contribution is -2.33. The molecule has 3 rings (SSSR count). The van der Waals surface area contributed by atoms with Crippen LogP contribution in [0.3, 0.4) is 0 Å². The number of hydrogen-bond acceptors (Lipinski definition) is 4. The van der Waals surface area contributed by atoms with Gasteiger partial charge >= 0.3 is 0 Å². The van der Waals surface area contributed by atoms with Crippen molar-refractivity contribution in [3.8, 4) is 5.75 Å². The lowest BCUT2D eigenvalue weighted by molar-refractivity contribution is -0.122. The molecule has 0 saturated heterocycles. The molecule has 1 aliphatic rings. The number of hydrogen-bond donors (Lipinski definition) is 1. The van der Waals surface area contributed by atoms with Gasteiger partial charge in [-0.1, -0.05) is 45.4 Å². The molecule has 0 aromatic heterocycles. The summed E-state index contributed by atoms with van der Waals surface area (Å²) in [6, 6.07) is 14.5. The summed E-state index contributed by atoms with van der Waals surface area (Å²) >= 11 is 0. The lowest BCUT2D eigenvalue weighted by atomic mass is 9.88. The minimum atomic E-state index is -3.39. The minimum Gasteiger partial charge on any atom is -0.497 e. The van der Waals surface area contributed by atoms with Crippen LogP contribution in [0.15, 0.2) is 48.5 Å². The van der Waals surface area contributed by atoms with Crippen LogP contribution in [0.25, 0.3) is 0 Å². The van der Waals surface area contributed by atoms with Crippen LogP contribution in [-0.2, 0) is 14.8 Å². The van der Waals surface area contributed by atoms with Gasteiger partial charge in [0.05, 0.1) is 12.9 Å². The molecule has 6 nitrogen and oxygen atoms in total. The largest absolute Gasteiger partial charge is 0.497 e. The van der Waals surface area contributed by atoms with Crippen LogP contribution in [0.5, 0.6) is 5.75 Å². The van der Waals surface area contributed by atoms with Gasteiger partial charge in [-0.25, -0.2) is 8.42 Å². The topological polar surface area (TPSA) is 75.7 Å². The number of benzene rings is 2. The van der Waals surface area contributed by atoms with E-state index in [0.717, 1.165) is 62.1 Å². The molecule has 1 aliphatic carbocycles. The molecule has 0 aliphatic heterocycles. The molecule has 1 N–H and O–H groups in total. The third-order valence-electron chi connectivity index (χ3n) is 6.17. The van der Waals surface area contributed by atoms with E-state index in [1.165, 1.54) is 6.42 Å². The van der Waals surface area contributed by atoms with Crippen LogP contribution in [0.2, 0.25) is 0 Å². The van der Waals surface area contributed by atoms with Crippen LogP contribution < -0.4 is 14.4 Å². The van der Waals surface area contributed by atoms with E-state index < -0.39 is 10.0 Å². The van der Waals surface area contributed by atoms with E-state index >= 15 is 0 Å². The van der Waals surface area contributed by atoms with Crippen LogP contribution in [0, 0.1) is 5.92 Å². The lowest BCUT2D eigenvalue weighted by Gasteiger charge is -2.29. The standard InChI is InChI=1S/C26H36N2O4S/c1-3-4-5-9-20-33(30,31)27-22-12-14-23(15-13-22)28(24-16-18-25(32-2)19-17-24)26(29)21-10-7-6-8-11-21/h12-19,21,27H,3-11,20H2,1-2H3. The highest BCUT2D eigenvalue weighted by Gasteiger charge is 2.28. The molecule has 0 bridgehead atoms. The number of anilines is 3. The summed E-state index contributed by atoms with van der Waals surface area (Å²) in [5.74, 6) is 0.936. The molecular weight excluding hydrogens is 436 g/mol. The van der Waals surface area contributed by atoms with E-state index in [0.29, 0.717) is 12.1 Å². The summed E-state index contributed by atoms with van der Waals surface area (Å²) in [4.78, 5) is 15.3. The number of carbonyl (C=O) groups excluding carboxylic acids is 1. The number of amides is 1. The summed E-state index contributed by atoms with van der Waals surface area (Å²) in [5, 5.41) is 0. The predicted molar refractivity (Wildman–Crippen MR) is 135 cm³/mol. The molecule has 2 aromatic rings. The summed E-state index contributed by atoms with van der Waals surface area (Å²) in [6.45, 7) is 2.10. The quantitative estimate of drug-likeness (QED) is 0.392. The molecule has 180 valence electrons. The van der Waals surface area contributed by atoms with Crippen molar-refractivity contribution in [2.45, 2.75) is 64.7 Å². The first-order valence-corrected chi connectivity index (χ1v) is 13.7. The molecule has 0 radical (unpaired) electrons. The SMILES string of the molecule is CCCCCCS(=O)(=O)Nc1ccc(N(C(=O)C2CCCCC2)c2ccc(OC)cc2)cc1. The van der Waals surface area contributed by atoms with Gasteiger partial charge in [-0.3, -0.25) is 14.4 Å². The van der Waals surface area contributed by atoms with E-state index in [2.05, 4.69) is 11.6 Å². The smallest absolute Gasteiger partial charge is 0.234 e. The first-order chi connectivity index (χ1) is 15.9. The van der Waals surface area contributed by atoms with E-state index in [1.54, 1.807) is 36.3 Å². The number of rotatable bonds is 11. The fourth-order valence-electron chi connectivity index (χ4n) is 4.29. The Labute approximate surface area is 198 Å². The van der Waals surface area contributed by atoms with E-state index in [1.807, 2.05) is 24.3 Å². The maximum absolute atomic E-state index is 13.5. The van der Waals surface area contributed by atoms with Crippen LogP contribution in [0.4, 0.5) is 17.1 Å². The van der Waals surface area contributed by atoms with Crippen molar-refractivity contribution < 1.29 is 17.9 Å². The first-order valence-electron chi connectivity index (χ1n) is 12.0. The Hall–Kier alpha value is -2.54. The number of methoxy groups -OCH3 is 1. The Kier molecular flexibility index (Phi) is 9.18. The molecule has 0 heterocycles. The Morgan fingerprint density at radius 1 is 0.939 bits per heavy atom. The number of sulfonamides is 1. The molecular formula is C26H36N2O4S. The van der Waals surface area contributed by atoms with Gasteiger partial charge in [0.1, 0.15) is 5.75 Å².